The van der Waals surface area contributed by atoms with Gasteiger partial charge in [-0.05, 0) is 32.4 Å². The van der Waals surface area contributed by atoms with Crippen LogP contribution in [0, 0.1) is 25.2 Å². The lowest BCUT2D eigenvalue weighted by Crippen LogP contribution is -2.24. The van der Waals surface area contributed by atoms with Gasteiger partial charge in [-0.2, -0.15) is 15.5 Å². The average molecular weight is 256 g/mol. The lowest BCUT2D eigenvalue weighted by Gasteiger charge is -2.16. The fourth-order valence-electron chi connectivity index (χ4n) is 1.81. The second-order valence-electron chi connectivity index (χ2n) is 4.52. The summed E-state index contributed by atoms with van der Waals surface area (Å²) in [6.07, 6.45) is 3.64. The fraction of sp³-hybridized carbons (Fsp3) is 0.385. The highest BCUT2D eigenvalue weighted by Crippen LogP contribution is 2.17. The minimum Gasteiger partial charge on any atom is -0.363 e. The third-order valence-electron chi connectivity index (χ3n) is 2.97. The molecule has 1 unspecified atom stereocenters. The smallest absolute Gasteiger partial charge is 0.167 e. The molecule has 0 radical (unpaired) electrons. The molecule has 0 aliphatic carbocycles. The summed E-state index contributed by atoms with van der Waals surface area (Å²) in [5.74, 6) is 0.533. The van der Waals surface area contributed by atoms with Crippen LogP contribution in [-0.4, -0.2) is 26.0 Å². The maximum atomic E-state index is 9.22. The first-order chi connectivity index (χ1) is 9.11. The quantitative estimate of drug-likeness (QED) is 0.900. The molecule has 6 nitrogen and oxygen atoms in total. The summed E-state index contributed by atoms with van der Waals surface area (Å²) < 4.78 is 1.83. The molecule has 0 bridgehead atoms. The van der Waals surface area contributed by atoms with E-state index in [0.29, 0.717) is 17.9 Å². The predicted octanol–water partition coefficient (Wildman–Crippen LogP) is 1.66. The molecule has 0 amide bonds. The van der Waals surface area contributed by atoms with E-state index in [-0.39, 0.29) is 6.04 Å². The molecule has 2 rings (SSSR count). The van der Waals surface area contributed by atoms with Gasteiger partial charge in [-0.1, -0.05) is 0 Å². The second-order valence-corrected chi connectivity index (χ2v) is 4.52. The van der Waals surface area contributed by atoms with Crippen LogP contribution in [0.1, 0.15) is 23.7 Å². The Hall–Kier alpha value is -2.42. The summed E-state index contributed by atoms with van der Waals surface area (Å²) in [7, 11) is 0. The van der Waals surface area contributed by atoms with Crippen molar-refractivity contribution in [3.05, 3.63) is 35.3 Å². The van der Waals surface area contributed by atoms with Gasteiger partial charge in [0.15, 0.2) is 5.82 Å². The van der Waals surface area contributed by atoms with Gasteiger partial charge in [0.05, 0.1) is 12.2 Å². The highest BCUT2D eigenvalue weighted by molar-refractivity contribution is 5.56. The Morgan fingerprint density at radius 3 is 2.84 bits per heavy atom. The highest BCUT2D eigenvalue weighted by atomic mass is 15.3. The van der Waals surface area contributed by atoms with E-state index in [1.165, 1.54) is 0 Å². The summed E-state index contributed by atoms with van der Waals surface area (Å²) in [5, 5.41) is 24.7. The lowest BCUT2D eigenvalue weighted by molar-refractivity contribution is 0.559. The SMILES string of the molecule is Cc1nnc(NC(C)Cn2cccn2)c(C#N)c1C. The molecule has 2 aromatic heterocycles. The third kappa shape index (κ3) is 2.88. The lowest BCUT2D eigenvalue weighted by atomic mass is 10.1. The molecule has 0 saturated heterocycles. The number of nitrogens with zero attached hydrogens (tertiary/aromatic N) is 5. The van der Waals surface area contributed by atoms with E-state index < -0.39 is 0 Å². The molecule has 2 heterocycles. The van der Waals surface area contributed by atoms with Gasteiger partial charge >= 0.3 is 0 Å². The summed E-state index contributed by atoms with van der Waals surface area (Å²) in [5.41, 5.74) is 2.20. The Balaban J connectivity index is 2.15. The van der Waals surface area contributed by atoms with Crippen LogP contribution in [0.5, 0.6) is 0 Å². The maximum Gasteiger partial charge on any atom is 0.167 e. The summed E-state index contributed by atoms with van der Waals surface area (Å²) in [6, 6.07) is 4.16. The van der Waals surface area contributed by atoms with Crippen LogP contribution in [0.2, 0.25) is 0 Å². The van der Waals surface area contributed by atoms with E-state index in [0.717, 1.165) is 11.3 Å². The molecule has 0 saturated carbocycles. The van der Waals surface area contributed by atoms with Crippen LogP contribution in [0.15, 0.2) is 18.5 Å². The van der Waals surface area contributed by atoms with Crippen molar-refractivity contribution in [1.82, 2.24) is 20.0 Å². The largest absolute Gasteiger partial charge is 0.363 e. The number of anilines is 1. The van der Waals surface area contributed by atoms with E-state index in [9.17, 15) is 5.26 Å². The fourth-order valence-corrected chi connectivity index (χ4v) is 1.81. The van der Waals surface area contributed by atoms with Gasteiger partial charge in [-0.15, -0.1) is 5.10 Å². The summed E-state index contributed by atoms with van der Waals surface area (Å²) in [6.45, 7) is 6.44. The molecule has 2 aromatic rings. The van der Waals surface area contributed by atoms with Gasteiger partial charge in [-0.25, -0.2) is 0 Å². The van der Waals surface area contributed by atoms with Crippen molar-refractivity contribution in [1.29, 1.82) is 5.26 Å². The Kier molecular flexibility index (Phi) is 3.76. The van der Waals surface area contributed by atoms with Crippen LogP contribution in [0.25, 0.3) is 0 Å². The predicted molar refractivity (Wildman–Crippen MR) is 71.5 cm³/mol. The van der Waals surface area contributed by atoms with E-state index in [1.54, 1.807) is 6.20 Å². The Morgan fingerprint density at radius 2 is 2.21 bits per heavy atom. The number of nitriles is 1. The standard InChI is InChI=1S/C13H16N6/c1-9(8-19-6-4-5-15-19)16-13-12(7-14)10(2)11(3)17-18-13/h4-6,9H,8H2,1-3H3,(H,16,18). The molecule has 0 spiro atoms. The molecule has 1 N–H and O–H groups in total. The minimum absolute atomic E-state index is 0.100. The molecule has 19 heavy (non-hydrogen) atoms. The summed E-state index contributed by atoms with van der Waals surface area (Å²) >= 11 is 0. The van der Waals surface area contributed by atoms with Gasteiger partial charge in [0.1, 0.15) is 11.6 Å². The average Bonchev–Trinajstić information content (AvgIpc) is 2.87. The van der Waals surface area contributed by atoms with Gasteiger partial charge in [-0.3, -0.25) is 4.68 Å². The number of hydrogen-bond acceptors (Lipinski definition) is 5. The normalized spacial score (nSPS) is 11.9. The van der Waals surface area contributed by atoms with Crippen molar-refractivity contribution in [3.8, 4) is 6.07 Å². The number of aromatic nitrogens is 4. The van der Waals surface area contributed by atoms with Crippen LogP contribution in [0.3, 0.4) is 0 Å². The number of rotatable bonds is 4. The zero-order chi connectivity index (χ0) is 13.8. The molecule has 6 heteroatoms. The van der Waals surface area contributed by atoms with Gasteiger partial charge in [0, 0.05) is 18.4 Å². The van der Waals surface area contributed by atoms with Gasteiger partial charge < -0.3 is 5.32 Å². The first-order valence-corrected chi connectivity index (χ1v) is 6.09. The molecule has 0 aliphatic rings. The molecule has 98 valence electrons. The summed E-state index contributed by atoms with van der Waals surface area (Å²) in [4.78, 5) is 0. The van der Waals surface area contributed by atoms with Crippen LogP contribution in [0.4, 0.5) is 5.82 Å². The molecule has 0 aromatic carbocycles. The Morgan fingerprint density at radius 1 is 1.42 bits per heavy atom. The van der Waals surface area contributed by atoms with E-state index in [4.69, 9.17) is 0 Å². The van der Waals surface area contributed by atoms with Crippen LogP contribution in [-0.2, 0) is 6.54 Å². The zero-order valence-electron chi connectivity index (χ0n) is 11.3. The maximum absolute atomic E-state index is 9.22. The van der Waals surface area contributed by atoms with Crippen molar-refractivity contribution in [2.75, 3.05) is 5.32 Å². The number of hydrogen-bond donors (Lipinski definition) is 1. The van der Waals surface area contributed by atoms with Crippen molar-refractivity contribution < 1.29 is 0 Å². The topological polar surface area (TPSA) is 79.4 Å². The van der Waals surface area contributed by atoms with E-state index in [2.05, 4.69) is 26.7 Å². The van der Waals surface area contributed by atoms with Gasteiger partial charge in [0.25, 0.3) is 0 Å². The number of nitrogens with one attached hydrogen (secondary N) is 1. The Bertz CT molecular complexity index is 596. The van der Waals surface area contributed by atoms with Gasteiger partial charge in [0.2, 0.25) is 0 Å². The molecular formula is C13H16N6. The third-order valence-corrected chi connectivity index (χ3v) is 2.97. The number of aryl methyl sites for hydroxylation is 1. The molecule has 0 fully saturated rings. The zero-order valence-corrected chi connectivity index (χ0v) is 11.3. The van der Waals surface area contributed by atoms with Crippen molar-refractivity contribution in [2.24, 2.45) is 0 Å². The first kappa shape index (κ1) is 13.0. The van der Waals surface area contributed by atoms with Crippen molar-refractivity contribution in [3.63, 3.8) is 0 Å². The van der Waals surface area contributed by atoms with Crippen LogP contribution < -0.4 is 5.32 Å². The van der Waals surface area contributed by atoms with E-state index in [1.807, 2.05) is 37.7 Å². The molecule has 1 atom stereocenters. The first-order valence-electron chi connectivity index (χ1n) is 6.09. The molecular weight excluding hydrogens is 240 g/mol. The molecule has 0 aliphatic heterocycles. The van der Waals surface area contributed by atoms with E-state index >= 15 is 0 Å². The Labute approximate surface area is 112 Å². The van der Waals surface area contributed by atoms with Crippen molar-refractivity contribution >= 4 is 5.82 Å². The second kappa shape index (κ2) is 5.48. The van der Waals surface area contributed by atoms with Crippen LogP contribution >= 0.6 is 0 Å². The highest BCUT2D eigenvalue weighted by Gasteiger charge is 2.13. The minimum atomic E-state index is 0.100. The monoisotopic (exact) mass is 256 g/mol. The van der Waals surface area contributed by atoms with Crippen molar-refractivity contribution in [2.45, 2.75) is 33.4 Å².